The van der Waals surface area contributed by atoms with Crippen molar-refractivity contribution in [3.63, 3.8) is 0 Å². The molecular formula is C17H28BrN3. The molecule has 1 aliphatic rings. The zero-order valence-corrected chi connectivity index (χ0v) is 15.3. The lowest BCUT2D eigenvalue weighted by Crippen LogP contribution is -2.63. The Morgan fingerprint density at radius 1 is 1.48 bits per heavy atom. The molecule has 118 valence electrons. The van der Waals surface area contributed by atoms with Crippen LogP contribution in [0.3, 0.4) is 0 Å². The van der Waals surface area contributed by atoms with E-state index in [2.05, 4.69) is 71.0 Å². The van der Waals surface area contributed by atoms with Crippen LogP contribution >= 0.6 is 15.9 Å². The molecule has 1 aromatic rings. The first kappa shape index (κ1) is 16.9. The van der Waals surface area contributed by atoms with E-state index >= 15 is 0 Å². The standard InChI is InChI=1S/C17H28BrN3/c1-5-13(3)16-10-20-17(4,6-2)12-21(16)11-15-8-7-14(18)9-19-15/h7-9,13,16,20H,5-6,10-12H2,1-4H3. The van der Waals surface area contributed by atoms with Crippen molar-refractivity contribution in [2.45, 2.75) is 58.7 Å². The van der Waals surface area contributed by atoms with Crippen LogP contribution in [0.4, 0.5) is 0 Å². The van der Waals surface area contributed by atoms with Gasteiger partial charge in [-0.25, -0.2) is 0 Å². The molecule has 4 heteroatoms. The third-order valence-corrected chi connectivity index (χ3v) is 5.46. The van der Waals surface area contributed by atoms with Crippen molar-refractivity contribution < 1.29 is 0 Å². The largest absolute Gasteiger partial charge is 0.309 e. The number of hydrogen-bond donors (Lipinski definition) is 1. The molecule has 2 heterocycles. The lowest BCUT2D eigenvalue weighted by molar-refractivity contribution is 0.0477. The number of rotatable bonds is 5. The van der Waals surface area contributed by atoms with E-state index in [1.54, 1.807) is 0 Å². The number of aromatic nitrogens is 1. The summed E-state index contributed by atoms with van der Waals surface area (Å²) < 4.78 is 1.04. The second-order valence-electron chi connectivity index (χ2n) is 6.62. The number of halogens is 1. The van der Waals surface area contributed by atoms with Gasteiger partial charge >= 0.3 is 0 Å². The van der Waals surface area contributed by atoms with Crippen LogP contribution in [-0.4, -0.2) is 34.6 Å². The van der Waals surface area contributed by atoms with Gasteiger partial charge in [0.2, 0.25) is 0 Å². The van der Waals surface area contributed by atoms with Crippen LogP contribution in [0.25, 0.3) is 0 Å². The molecule has 3 nitrogen and oxygen atoms in total. The molecular weight excluding hydrogens is 326 g/mol. The average Bonchev–Trinajstić information content (AvgIpc) is 2.49. The molecule has 3 atom stereocenters. The minimum Gasteiger partial charge on any atom is -0.309 e. The van der Waals surface area contributed by atoms with Crippen LogP contribution in [-0.2, 0) is 6.54 Å². The molecule has 2 rings (SSSR count). The Kier molecular flexibility index (Phi) is 5.81. The molecule has 0 saturated carbocycles. The fourth-order valence-electron chi connectivity index (χ4n) is 3.05. The predicted molar refractivity (Wildman–Crippen MR) is 92.3 cm³/mol. The predicted octanol–water partition coefficient (Wildman–Crippen LogP) is 3.83. The molecule has 0 spiro atoms. The summed E-state index contributed by atoms with van der Waals surface area (Å²) in [5.74, 6) is 0.703. The molecule has 0 bridgehead atoms. The third kappa shape index (κ3) is 4.27. The Bertz CT molecular complexity index is 448. The molecule has 0 aromatic carbocycles. The summed E-state index contributed by atoms with van der Waals surface area (Å²) in [5, 5.41) is 3.77. The highest BCUT2D eigenvalue weighted by atomic mass is 79.9. The van der Waals surface area contributed by atoms with Gasteiger partial charge in [0.25, 0.3) is 0 Å². The Balaban J connectivity index is 2.14. The monoisotopic (exact) mass is 353 g/mol. The summed E-state index contributed by atoms with van der Waals surface area (Å²) >= 11 is 3.46. The molecule has 0 amide bonds. The van der Waals surface area contributed by atoms with Crippen molar-refractivity contribution in [1.82, 2.24) is 15.2 Å². The van der Waals surface area contributed by atoms with Gasteiger partial charge in [-0.15, -0.1) is 0 Å². The van der Waals surface area contributed by atoms with Gasteiger partial charge in [-0.3, -0.25) is 9.88 Å². The molecule has 21 heavy (non-hydrogen) atoms. The Labute approximate surface area is 137 Å². The van der Waals surface area contributed by atoms with Crippen LogP contribution in [0, 0.1) is 5.92 Å². The molecule has 0 radical (unpaired) electrons. The average molecular weight is 354 g/mol. The molecule has 1 N–H and O–H groups in total. The van der Waals surface area contributed by atoms with Crippen LogP contribution in [0.5, 0.6) is 0 Å². The number of piperazine rings is 1. The molecule has 1 aliphatic heterocycles. The van der Waals surface area contributed by atoms with Crippen molar-refractivity contribution in [3.8, 4) is 0 Å². The van der Waals surface area contributed by atoms with E-state index < -0.39 is 0 Å². The Hall–Kier alpha value is -0.450. The third-order valence-electron chi connectivity index (χ3n) is 4.99. The number of nitrogens with one attached hydrogen (secondary N) is 1. The van der Waals surface area contributed by atoms with E-state index in [9.17, 15) is 0 Å². The lowest BCUT2D eigenvalue weighted by atomic mass is 9.88. The van der Waals surface area contributed by atoms with Crippen LogP contribution in [0.1, 0.15) is 46.2 Å². The van der Waals surface area contributed by atoms with Gasteiger partial charge in [0, 0.05) is 41.9 Å². The minimum atomic E-state index is 0.222. The second kappa shape index (κ2) is 7.21. The lowest BCUT2D eigenvalue weighted by Gasteiger charge is -2.48. The van der Waals surface area contributed by atoms with Crippen LogP contribution in [0.15, 0.2) is 22.8 Å². The summed E-state index contributed by atoms with van der Waals surface area (Å²) in [6, 6.07) is 4.81. The maximum absolute atomic E-state index is 4.56. The number of pyridine rings is 1. The normalized spacial score (nSPS) is 28.5. The fraction of sp³-hybridized carbons (Fsp3) is 0.706. The Morgan fingerprint density at radius 3 is 2.81 bits per heavy atom. The van der Waals surface area contributed by atoms with E-state index in [-0.39, 0.29) is 5.54 Å². The van der Waals surface area contributed by atoms with Crippen molar-refractivity contribution in [3.05, 3.63) is 28.5 Å². The van der Waals surface area contributed by atoms with Gasteiger partial charge < -0.3 is 5.32 Å². The van der Waals surface area contributed by atoms with Gasteiger partial charge in [-0.05, 0) is 47.3 Å². The second-order valence-corrected chi connectivity index (χ2v) is 7.54. The summed E-state index contributed by atoms with van der Waals surface area (Å²) in [4.78, 5) is 7.19. The zero-order chi connectivity index (χ0) is 15.5. The molecule has 0 aliphatic carbocycles. The zero-order valence-electron chi connectivity index (χ0n) is 13.7. The maximum atomic E-state index is 4.56. The van der Waals surface area contributed by atoms with Crippen molar-refractivity contribution >= 4 is 15.9 Å². The number of hydrogen-bond acceptors (Lipinski definition) is 3. The molecule has 1 aromatic heterocycles. The highest BCUT2D eigenvalue weighted by Gasteiger charge is 2.36. The maximum Gasteiger partial charge on any atom is 0.0544 e. The quantitative estimate of drug-likeness (QED) is 0.871. The highest BCUT2D eigenvalue weighted by molar-refractivity contribution is 9.10. The fourth-order valence-corrected chi connectivity index (χ4v) is 3.29. The summed E-state index contributed by atoms with van der Waals surface area (Å²) in [6.07, 6.45) is 4.28. The SMILES string of the molecule is CCC(C)C1CNC(C)(CC)CN1Cc1ccc(Br)cn1. The van der Waals surface area contributed by atoms with E-state index in [1.807, 2.05) is 6.20 Å². The van der Waals surface area contributed by atoms with E-state index in [0.29, 0.717) is 12.0 Å². The van der Waals surface area contributed by atoms with Crippen molar-refractivity contribution in [1.29, 1.82) is 0 Å². The van der Waals surface area contributed by atoms with Gasteiger partial charge in [0.15, 0.2) is 0 Å². The van der Waals surface area contributed by atoms with Crippen LogP contribution in [0.2, 0.25) is 0 Å². The summed E-state index contributed by atoms with van der Waals surface area (Å²) in [7, 11) is 0. The molecule has 1 fully saturated rings. The smallest absolute Gasteiger partial charge is 0.0544 e. The van der Waals surface area contributed by atoms with E-state index in [0.717, 1.165) is 36.2 Å². The first-order valence-electron chi connectivity index (χ1n) is 8.07. The highest BCUT2D eigenvalue weighted by Crippen LogP contribution is 2.25. The van der Waals surface area contributed by atoms with E-state index in [4.69, 9.17) is 0 Å². The topological polar surface area (TPSA) is 28.2 Å². The van der Waals surface area contributed by atoms with Crippen LogP contribution < -0.4 is 5.32 Å². The van der Waals surface area contributed by atoms with Gasteiger partial charge in [-0.1, -0.05) is 27.2 Å². The summed E-state index contributed by atoms with van der Waals surface area (Å²) in [5.41, 5.74) is 1.38. The van der Waals surface area contributed by atoms with Gasteiger partial charge in [0.1, 0.15) is 0 Å². The van der Waals surface area contributed by atoms with E-state index in [1.165, 1.54) is 6.42 Å². The minimum absolute atomic E-state index is 0.222. The first-order valence-corrected chi connectivity index (χ1v) is 8.86. The molecule has 1 saturated heterocycles. The van der Waals surface area contributed by atoms with Gasteiger partial charge in [-0.2, -0.15) is 0 Å². The van der Waals surface area contributed by atoms with Gasteiger partial charge in [0.05, 0.1) is 5.69 Å². The summed E-state index contributed by atoms with van der Waals surface area (Å²) in [6.45, 7) is 12.4. The first-order chi connectivity index (χ1) is 9.97. The van der Waals surface area contributed by atoms with Crippen molar-refractivity contribution in [2.24, 2.45) is 5.92 Å². The van der Waals surface area contributed by atoms with Crippen molar-refractivity contribution in [2.75, 3.05) is 13.1 Å². The molecule has 3 unspecified atom stereocenters. The Morgan fingerprint density at radius 2 is 2.24 bits per heavy atom. The number of nitrogens with zero attached hydrogens (tertiary/aromatic N) is 2.